The molecule has 0 aromatic heterocycles. The lowest BCUT2D eigenvalue weighted by Crippen LogP contribution is -2.39. The summed E-state index contributed by atoms with van der Waals surface area (Å²) in [6.07, 6.45) is -2.39. The molecule has 5 aromatic rings. The maximum absolute atomic E-state index is 14.3. The number of halogens is 4. The van der Waals surface area contributed by atoms with Crippen LogP contribution >= 0.6 is 0 Å². The number of methoxy groups -OCH3 is 2. The first-order chi connectivity index (χ1) is 24.5. The van der Waals surface area contributed by atoms with Gasteiger partial charge in [0.15, 0.2) is 0 Å². The Balaban J connectivity index is 1.86. The van der Waals surface area contributed by atoms with E-state index in [2.05, 4.69) is 0 Å². The lowest BCUT2D eigenvalue weighted by Gasteiger charge is -2.31. The van der Waals surface area contributed by atoms with E-state index in [9.17, 15) is 44.3 Å². The zero-order valence-electron chi connectivity index (χ0n) is 27.4. The number of fused-ring (bicyclic) bond motifs is 1. The number of rotatable bonds is 13. The quantitative estimate of drug-likeness (QED) is 0.0986. The zero-order valence-corrected chi connectivity index (χ0v) is 29.0. The van der Waals surface area contributed by atoms with Crippen molar-refractivity contribution in [2.75, 3.05) is 35.9 Å². The summed E-state index contributed by atoms with van der Waals surface area (Å²) in [5.74, 6) is -1.57. The molecule has 272 valence electrons. The van der Waals surface area contributed by atoms with Gasteiger partial charge in [-0.15, -0.1) is 0 Å². The highest BCUT2D eigenvalue weighted by molar-refractivity contribution is 7.93. The summed E-state index contributed by atoms with van der Waals surface area (Å²) >= 11 is 0. The highest BCUT2D eigenvalue weighted by atomic mass is 32.2. The summed E-state index contributed by atoms with van der Waals surface area (Å²) in [6.45, 7) is -3.11. The van der Waals surface area contributed by atoms with Crippen LogP contribution in [0.4, 0.5) is 28.9 Å². The summed E-state index contributed by atoms with van der Waals surface area (Å²) in [5.41, 5.74) is -0.551. The smallest absolute Gasteiger partial charge is 0.407 e. The van der Waals surface area contributed by atoms with Crippen LogP contribution in [0.2, 0.25) is 0 Å². The molecule has 0 unspecified atom stereocenters. The highest BCUT2D eigenvalue weighted by Gasteiger charge is 2.39. The minimum atomic E-state index is -5.06. The lowest BCUT2D eigenvalue weighted by atomic mass is 10.00. The number of carboxylic acids is 1. The average molecular weight is 759 g/mol. The molecule has 0 heterocycles. The van der Waals surface area contributed by atoms with Crippen molar-refractivity contribution in [1.29, 1.82) is 0 Å². The second kappa shape index (κ2) is 14.9. The van der Waals surface area contributed by atoms with Crippen molar-refractivity contribution >= 4 is 60.3 Å². The molecule has 0 aliphatic heterocycles. The number of carbonyl (C=O) groups is 1. The first-order valence-corrected chi connectivity index (χ1v) is 18.0. The zero-order chi connectivity index (χ0) is 37.8. The van der Waals surface area contributed by atoms with E-state index in [0.717, 1.165) is 30.3 Å². The van der Waals surface area contributed by atoms with Gasteiger partial charge < -0.3 is 14.6 Å². The maximum Gasteiger partial charge on any atom is 0.407 e. The molecule has 0 amide bonds. The highest BCUT2D eigenvalue weighted by Crippen LogP contribution is 2.43. The molecular formula is C36H30F4N2O8S2. The van der Waals surface area contributed by atoms with E-state index in [0.29, 0.717) is 15.6 Å². The molecule has 0 bridgehead atoms. The number of nitrogens with zero attached hydrogens (tertiary/aromatic N) is 2. The van der Waals surface area contributed by atoms with Crippen LogP contribution in [0.5, 0.6) is 11.5 Å². The molecule has 0 radical (unpaired) electrons. The third kappa shape index (κ3) is 8.13. The van der Waals surface area contributed by atoms with Crippen LogP contribution in [0.15, 0.2) is 113 Å². The third-order valence-corrected chi connectivity index (χ3v) is 11.3. The number of alkyl halides is 3. The van der Waals surface area contributed by atoms with Crippen LogP contribution in [0.1, 0.15) is 11.1 Å². The summed E-state index contributed by atoms with van der Waals surface area (Å²) in [5, 5.41) is 9.74. The van der Waals surface area contributed by atoms with E-state index < -0.39 is 61.7 Å². The van der Waals surface area contributed by atoms with Crippen LogP contribution < -0.4 is 18.1 Å². The normalized spacial score (nSPS) is 12.2. The fourth-order valence-corrected chi connectivity index (χ4v) is 8.27. The molecule has 0 aliphatic rings. The van der Waals surface area contributed by atoms with Gasteiger partial charge >= 0.3 is 12.1 Å². The topological polar surface area (TPSA) is 131 Å². The van der Waals surface area contributed by atoms with Crippen LogP contribution in [-0.4, -0.2) is 61.4 Å². The number of carboxylic acid groups (broad SMARTS) is 1. The first kappa shape index (κ1) is 37.6. The van der Waals surface area contributed by atoms with Gasteiger partial charge in [0, 0.05) is 16.3 Å². The summed E-state index contributed by atoms with van der Waals surface area (Å²) in [7, 11) is -7.00. The second-order valence-corrected chi connectivity index (χ2v) is 14.9. The Bertz CT molecular complexity index is 2330. The SMILES string of the molecule is COc1ccc(S(=O)(=O)N(CC(F)(F)F)c2cc(/C=C/c3ccc(F)cc3)c(N(CC(=O)O)S(=O)(=O)c3ccc(OC)cc3)c3ccccc23)cc1. The van der Waals surface area contributed by atoms with Crippen LogP contribution in [0, 0.1) is 5.82 Å². The van der Waals surface area contributed by atoms with Gasteiger partial charge in [-0.2, -0.15) is 13.2 Å². The van der Waals surface area contributed by atoms with Gasteiger partial charge in [0.1, 0.15) is 30.4 Å². The Labute approximate surface area is 296 Å². The molecule has 5 aromatic carbocycles. The minimum absolute atomic E-state index is 0.0887. The molecule has 0 spiro atoms. The van der Waals surface area contributed by atoms with E-state index in [4.69, 9.17) is 9.47 Å². The van der Waals surface area contributed by atoms with Crippen LogP contribution in [0.3, 0.4) is 0 Å². The van der Waals surface area contributed by atoms with Gasteiger partial charge in [0.25, 0.3) is 20.0 Å². The largest absolute Gasteiger partial charge is 0.497 e. The number of aliphatic carboxylic acids is 1. The van der Waals surface area contributed by atoms with Gasteiger partial charge in [-0.25, -0.2) is 21.2 Å². The molecular weight excluding hydrogens is 729 g/mol. The van der Waals surface area contributed by atoms with E-state index >= 15 is 0 Å². The molecule has 0 fully saturated rings. The predicted molar refractivity (Wildman–Crippen MR) is 188 cm³/mol. The number of benzene rings is 5. The second-order valence-electron chi connectivity index (χ2n) is 11.1. The molecule has 0 saturated heterocycles. The summed E-state index contributed by atoms with van der Waals surface area (Å²) in [4.78, 5) is 11.5. The van der Waals surface area contributed by atoms with Gasteiger partial charge in [0.2, 0.25) is 0 Å². The van der Waals surface area contributed by atoms with Gasteiger partial charge in [-0.1, -0.05) is 48.6 Å². The maximum atomic E-state index is 14.3. The van der Waals surface area contributed by atoms with Gasteiger partial charge in [-0.3, -0.25) is 13.4 Å². The Kier molecular flexibility index (Phi) is 10.8. The number of hydrogen-bond donors (Lipinski definition) is 1. The van der Waals surface area contributed by atoms with Crippen molar-refractivity contribution in [2.45, 2.75) is 16.0 Å². The fraction of sp³-hybridized carbons (Fsp3) is 0.139. The van der Waals surface area contributed by atoms with Crippen LogP contribution in [-0.2, 0) is 24.8 Å². The Morgan fingerprint density at radius 3 is 1.71 bits per heavy atom. The van der Waals surface area contributed by atoms with Crippen molar-refractivity contribution < 1.29 is 53.8 Å². The van der Waals surface area contributed by atoms with Gasteiger partial charge in [-0.05, 0) is 72.3 Å². The molecule has 0 atom stereocenters. The van der Waals surface area contributed by atoms with E-state index in [1.54, 1.807) is 0 Å². The standard InChI is InChI=1S/C36H30F4N2O8S2/c1-49-27-13-17-29(18-14-27)51(45,46)41(22-34(43)44)35-25(10-7-24-8-11-26(37)12-9-24)21-33(31-5-3-4-6-32(31)35)42(23-36(38,39)40)52(47,48)30-19-15-28(50-2)16-20-30/h3-21H,22-23H2,1-2H3,(H,43,44)/b10-7+. The fourth-order valence-electron chi connectivity index (χ4n) is 5.35. The van der Waals surface area contributed by atoms with Crippen molar-refractivity contribution in [3.05, 3.63) is 120 Å². The molecule has 52 heavy (non-hydrogen) atoms. The molecule has 0 aliphatic carbocycles. The predicted octanol–water partition coefficient (Wildman–Crippen LogP) is 7.20. The molecule has 5 rings (SSSR count). The minimum Gasteiger partial charge on any atom is -0.497 e. The lowest BCUT2D eigenvalue weighted by molar-refractivity contribution is -0.135. The number of anilines is 2. The van der Waals surface area contributed by atoms with Crippen molar-refractivity contribution in [3.63, 3.8) is 0 Å². The summed E-state index contributed by atoms with van der Waals surface area (Å²) in [6, 6.07) is 21.4. The summed E-state index contributed by atoms with van der Waals surface area (Å²) < 4.78 is 124. The van der Waals surface area contributed by atoms with E-state index in [1.165, 1.54) is 99.2 Å². The van der Waals surface area contributed by atoms with Crippen molar-refractivity contribution in [3.8, 4) is 11.5 Å². The Morgan fingerprint density at radius 2 is 1.23 bits per heavy atom. The molecule has 0 saturated carbocycles. The monoisotopic (exact) mass is 758 g/mol. The van der Waals surface area contributed by atoms with Gasteiger partial charge in [0.05, 0.1) is 35.4 Å². The van der Waals surface area contributed by atoms with Crippen molar-refractivity contribution in [2.24, 2.45) is 0 Å². The molecule has 16 heteroatoms. The molecule has 1 N–H and O–H groups in total. The number of sulfonamides is 2. The average Bonchev–Trinajstić information content (AvgIpc) is 3.12. The Hall–Kier alpha value is -5.61. The molecule has 10 nitrogen and oxygen atoms in total. The van der Waals surface area contributed by atoms with Crippen LogP contribution in [0.25, 0.3) is 22.9 Å². The number of hydrogen-bond acceptors (Lipinski definition) is 7. The van der Waals surface area contributed by atoms with E-state index in [1.807, 2.05) is 0 Å². The third-order valence-electron chi connectivity index (χ3n) is 7.76. The van der Waals surface area contributed by atoms with E-state index in [-0.39, 0.29) is 37.0 Å². The number of ether oxygens (including phenoxy) is 2. The first-order valence-electron chi connectivity index (χ1n) is 15.2. The Morgan fingerprint density at radius 1 is 0.731 bits per heavy atom. The van der Waals surface area contributed by atoms with Crippen molar-refractivity contribution in [1.82, 2.24) is 0 Å².